The lowest BCUT2D eigenvalue weighted by Crippen LogP contribution is -2.29. The third-order valence-corrected chi connectivity index (χ3v) is 5.08. The Labute approximate surface area is 154 Å². The van der Waals surface area contributed by atoms with Crippen molar-refractivity contribution < 1.29 is 12.6 Å². The van der Waals surface area contributed by atoms with E-state index in [4.69, 9.17) is 4.18 Å². The number of para-hydroxylation sites is 1. The van der Waals surface area contributed by atoms with Crippen molar-refractivity contribution in [2.45, 2.75) is 6.04 Å². The lowest BCUT2D eigenvalue weighted by Gasteiger charge is -2.20. The average Bonchev–Trinajstić information content (AvgIpc) is 2.67. The number of hydrogen-bond donors (Lipinski definition) is 1. The summed E-state index contributed by atoms with van der Waals surface area (Å²) in [5, 5.41) is 3.34. The highest BCUT2D eigenvalue weighted by Crippen LogP contribution is 2.21. The van der Waals surface area contributed by atoms with E-state index < -0.39 is 10.1 Å². The largest absolute Gasteiger partial charge is 0.382 e. The predicted molar refractivity (Wildman–Crippen MR) is 104 cm³/mol. The van der Waals surface area contributed by atoms with Crippen LogP contribution in [-0.4, -0.2) is 20.7 Å². The molecule has 1 N–H and O–H groups in total. The van der Waals surface area contributed by atoms with Crippen molar-refractivity contribution >= 4 is 10.1 Å². The maximum atomic E-state index is 12.2. The van der Waals surface area contributed by atoms with Crippen LogP contribution in [-0.2, 0) is 10.1 Å². The molecule has 0 spiro atoms. The Morgan fingerprint density at radius 2 is 1.19 bits per heavy atom. The zero-order valence-electron chi connectivity index (χ0n) is 14.3. The second kappa shape index (κ2) is 8.65. The molecule has 0 radical (unpaired) electrons. The zero-order valence-corrected chi connectivity index (χ0v) is 15.1. The van der Waals surface area contributed by atoms with Gasteiger partial charge in [0.2, 0.25) is 0 Å². The summed E-state index contributed by atoms with van der Waals surface area (Å²) < 4.78 is 29.5. The minimum atomic E-state index is -3.66. The monoisotopic (exact) mass is 367 g/mol. The first-order valence-electron chi connectivity index (χ1n) is 8.44. The molecular weight excluding hydrogens is 346 g/mol. The minimum absolute atomic E-state index is 0.0793. The summed E-state index contributed by atoms with van der Waals surface area (Å²) >= 11 is 0. The molecule has 3 rings (SSSR count). The van der Waals surface area contributed by atoms with Gasteiger partial charge < -0.3 is 9.50 Å². The Bertz CT molecular complexity index is 858. The van der Waals surface area contributed by atoms with Crippen LogP contribution in [0.15, 0.2) is 91.0 Å². The third-order valence-electron chi connectivity index (χ3n) is 3.93. The van der Waals surface area contributed by atoms with Crippen LogP contribution in [0.4, 0.5) is 0 Å². The molecular formula is C21H21NO3S. The fourth-order valence-electron chi connectivity index (χ4n) is 2.71. The summed E-state index contributed by atoms with van der Waals surface area (Å²) in [4.78, 5) is 0. The van der Waals surface area contributed by atoms with Gasteiger partial charge in [-0.1, -0.05) is 78.9 Å². The van der Waals surface area contributed by atoms with E-state index in [0.717, 1.165) is 11.1 Å². The highest BCUT2D eigenvalue weighted by Gasteiger charge is 2.17. The second-order valence-corrected chi connectivity index (χ2v) is 7.56. The Morgan fingerprint density at radius 3 is 1.69 bits per heavy atom. The highest BCUT2D eigenvalue weighted by molar-refractivity contribution is 7.87. The Morgan fingerprint density at radius 1 is 0.731 bits per heavy atom. The average molecular weight is 367 g/mol. The maximum Gasteiger partial charge on any atom is 0.310 e. The molecule has 4 nitrogen and oxygen atoms in total. The van der Waals surface area contributed by atoms with Gasteiger partial charge in [0.1, 0.15) is 5.75 Å². The summed E-state index contributed by atoms with van der Waals surface area (Å²) in [6.45, 7) is 0.281. The van der Waals surface area contributed by atoms with E-state index in [-0.39, 0.29) is 18.3 Å². The van der Waals surface area contributed by atoms with Crippen LogP contribution >= 0.6 is 0 Å². The summed E-state index contributed by atoms with van der Waals surface area (Å²) in [7, 11) is -3.66. The molecule has 3 aromatic rings. The number of benzene rings is 3. The Hall–Kier alpha value is -2.63. The van der Waals surface area contributed by atoms with Gasteiger partial charge in [-0.2, -0.15) is 8.42 Å². The summed E-state index contributed by atoms with van der Waals surface area (Å²) in [6, 6.07) is 28.4. The van der Waals surface area contributed by atoms with Crippen LogP contribution in [0.2, 0.25) is 0 Å². The normalized spacial score (nSPS) is 11.4. The fourth-order valence-corrected chi connectivity index (χ4v) is 3.57. The van der Waals surface area contributed by atoms with Crippen LogP contribution in [0.3, 0.4) is 0 Å². The minimum Gasteiger partial charge on any atom is -0.382 e. The van der Waals surface area contributed by atoms with E-state index in [9.17, 15) is 8.42 Å². The van der Waals surface area contributed by atoms with Crippen molar-refractivity contribution in [2.75, 3.05) is 12.3 Å². The van der Waals surface area contributed by atoms with Crippen molar-refractivity contribution in [1.29, 1.82) is 0 Å². The topological polar surface area (TPSA) is 55.4 Å². The van der Waals surface area contributed by atoms with Crippen molar-refractivity contribution in [3.8, 4) is 5.75 Å². The molecule has 0 atom stereocenters. The molecule has 3 aromatic carbocycles. The molecule has 0 saturated carbocycles. The van der Waals surface area contributed by atoms with E-state index in [2.05, 4.69) is 5.32 Å². The zero-order chi connectivity index (χ0) is 18.2. The summed E-state index contributed by atoms with van der Waals surface area (Å²) in [6.07, 6.45) is 0. The van der Waals surface area contributed by atoms with Crippen molar-refractivity contribution in [3.05, 3.63) is 102 Å². The first kappa shape index (κ1) is 18.2. The van der Waals surface area contributed by atoms with Crippen LogP contribution in [0, 0.1) is 0 Å². The van der Waals surface area contributed by atoms with Gasteiger partial charge in [0.15, 0.2) is 0 Å². The maximum absolute atomic E-state index is 12.2. The fraction of sp³-hybridized carbons (Fsp3) is 0.143. The molecule has 5 heteroatoms. The third kappa shape index (κ3) is 5.18. The van der Waals surface area contributed by atoms with Gasteiger partial charge in [-0.25, -0.2) is 0 Å². The molecule has 0 amide bonds. The smallest absolute Gasteiger partial charge is 0.310 e. The molecule has 0 aromatic heterocycles. The van der Waals surface area contributed by atoms with Gasteiger partial charge in [0.05, 0.1) is 11.8 Å². The molecule has 0 unspecified atom stereocenters. The van der Waals surface area contributed by atoms with Crippen LogP contribution < -0.4 is 9.50 Å². The SMILES string of the molecule is O=S(=O)(CCNC(c1ccccc1)c1ccccc1)Oc1ccccc1. The molecule has 0 aliphatic heterocycles. The van der Waals surface area contributed by atoms with Crippen molar-refractivity contribution in [3.63, 3.8) is 0 Å². The van der Waals surface area contributed by atoms with Gasteiger partial charge in [-0.3, -0.25) is 0 Å². The number of rotatable bonds is 8. The first-order chi connectivity index (χ1) is 12.6. The standard InChI is InChI=1S/C21H21NO3S/c23-26(24,25-20-14-8-3-9-15-20)17-16-22-21(18-10-4-1-5-11-18)19-12-6-2-7-13-19/h1-15,21-22H,16-17H2. The van der Waals surface area contributed by atoms with Gasteiger partial charge in [-0.15, -0.1) is 0 Å². The van der Waals surface area contributed by atoms with E-state index >= 15 is 0 Å². The van der Waals surface area contributed by atoms with Gasteiger partial charge in [-0.05, 0) is 23.3 Å². The van der Waals surface area contributed by atoms with E-state index in [0.29, 0.717) is 5.75 Å². The summed E-state index contributed by atoms with van der Waals surface area (Å²) in [5.41, 5.74) is 2.17. The van der Waals surface area contributed by atoms with Gasteiger partial charge in [0, 0.05) is 6.54 Å². The molecule has 0 aliphatic rings. The lowest BCUT2D eigenvalue weighted by atomic mass is 9.99. The second-order valence-electron chi connectivity index (χ2n) is 5.87. The van der Waals surface area contributed by atoms with Crippen molar-refractivity contribution in [1.82, 2.24) is 5.32 Å². The first-order valence-corrected chi connectivity index (χ1v) is 10.0. The highest BCUT2D eigenvalue weighted by atomic mass is 32.2. The molecule has 0 bridgehead atoms. The molecule has 134 valence electrons. The predicted octanol–water partition coefficient (Wildman–Crippen LogP) is 3.77. The van der Waals surface area contributed by atoms with E-state index in [1.807, 2.05) is 66.7 Å². The van der Waals surface area contributed by atoms with Gasteiger partial charge >= 0.3 is 10.1 Å². The molecule has 0 heterocycles. The van der Waals surface area contributed by atoms with Crippen LogP contribution in [0.1, 0.15) is 17.2 Å². The number of nitrogens with one attached hydrogen (secondary N) is 1. The van der Waals surface area contributed by atoms with E-state index in [1.165, 1.54) is 0 Å². The molecule has 0 fully saturated rings. The quantitative estimate of drug-likeness (QED) is 0.616. The van der Waals surface area contributed by atoms with Crippen LogP contribution in [0.25, 0.3) is 0 Å². The van der Waals surface area contributed by atoms with Gasteiger partial charge in [0.25, 0.3) is 0 Å². The molecule has 0 saturated heterocycles. The van der Waals surface area contributed by atoms with Crippen molar-refractivity contribution in [2.24, 2.45) is 0 Å². The summed E-state index contributed by atoms with van der Waals surface area (Å²) in [5.74, 6) is 0.216. The lowest BCUT2D eigenvalue weighted by molar-refractivity contribution is 0.481. The number of hydrogen-bond acceptors (Lipinski definition) is 4. The Balaban J connectivity index is 1.67. The molecule has 0 aliphatic carbocycles. The van der Waals surface area contributed by atoms with Crippen LogP contribution in [0.5, 0.6) is 5.75 Å². The Kier molecular flexibility index (Phi) is 6.04. The molecule has 26 heavy (non-hydrogen) atoms. The van der Waals surface area contributed by atoms with E-state index in [1.54, 1.807) is 24.3 Å².